The number of hydrogen-bond donors (Lipinski definition) is 1. The SMILES string of the molecule is CSc1nnc(COc2ccccc2)n1/N=C\c1cc(C(C)(C)C)c(O)c(C(C)(C)C)c1. The minimum atomic E-state index is -0.205. The summed E-state index contributed by atoms with van der Waals surface area (Å²) in [5, 5.41) is 24.8. The first-order valence-electron chi connectivity index (χ1n) is 10.6. The molecule has 3 aromatic rings. The van der Waals surface area contributed by atoms with Crippen LogP contribution in [0, 0.1) is 0 Å². The third kappa shape index (κ3) is 5.51. The van der Waals surface area contributed by atoms with E-state index >= 15 is 0 Å². The number of para-hydroxylation sites is 1. The van der Waals surface area contributed by atoms with E-state index in [1.807, 2.05) is 48.7 Å². The summed E-state index contributed by atoms with van der Waals surface area (Å²) in [5.74, 6) is 1.73. The van der Waals surface area contributed by atoms with Crippen molar-refractivity contribution in [2.75, 3.05) is 6.26 Å². The van der Waals surface area contributed by atoms with Crippen LogP contribution >= 0.6 is 11.8 Å². The van der Waals surface area contributed by atoms with Crippen LogP contribution < -0.4 is 4.74 Å². The van der Waals surface area contributed by atoms with Gasteiger partial charge in [-0.15, -0.1) is 10.2 Å². The van der Waals surface area contributed by atoms with Gasteiger partial charge in [-0.25, -0.2) is 0 Å². The number of phenolic OH excluding ortho intramolecular Hbond substituents is 1. The van der Waals surface area contributed by atoms with Crippen LogP contribution in [0.15, 0.2) is 52.7 Å². The minimum absolute atomic E-state index is 0.205. The number of benzene rings is 2. The number of phenols is 1. The van der Waals surface area contributed by atoms with Gasteiger partial charge in [0.05, 0.1) is 6.21 Å². The monoisotopic (exact) mass is 452 g/mol. The van der Waals surface area contributed by atoms with E-state index in [0.29, 0.717) is 16.7 Å². The third-order valence-corrected chi connectivity index (χ3v) is 5.66. The molecule has 0 spiro atoms. The number of aromatic hydroxyl groups is 1. The lowest BCUT2D eigenvalue weighted by atomic mass is 9.78. The highest BCUT2D eigenvalue weighted by molar-refractivity contribution is 7.98. The molecule has 0 saturated carbocycles. The van der Waals surface area contributed by atoms with Crippen LogP contribution in [0.25, 0.3) is 0 Å². The molecule has 0 aliphatic carbocycles. The predicted octanol–water partition coefficient (Wildman–Crippen LogP) is 5.76. The van der Waals surface area contributed by atoms with E-state index in [4.69, 9.17) is 4.74 Å². The molecule has 7 heteroatoms. The minimum Gasteiger partial charge on any atom is -0.507 e. The summed E-state index contributed by atoms with van der Waals surface area (Å²) in [6.45, 7) is 12.8. The average molecular weight is 453 g/mol. The van der Waals surface area contributed by atoms with E-state index < -0.39 is 0 Å². The molecule has 3 rings (SSSR count). The maximum Gasteiger partial charge on any atom is 0.211 e. The molecular weight excluding hydrogens is 420 g/mol. The van der Waals surface area contributed by atoms with Crippen LogP contribution in [-0.4, -0.2) is 32.5 Å². The van der Waals surface area contributed by atoms with Crippen molar-refractivity contribution in [2.45, 2.75) is 64.1 Å². The molecule has 32 heavy (non-hydrogen) atoms. The summed E-state index contributed by atoms with van der Waals surface area (Å²) in [5.41, 5.74) is 2.29. The van der Waals surface area contributed by atoms with Gasteiger partial charge in [0.25, 0.3) is 0 Å². The fourth-order valence-corrected chi connectivity index (χ4v) is 3.74. The fraction of sp³-hybridized carbons (Fsp3) is 0.400. The Balaban J connectivity index is 1.97. The van der Waals surface area contributed by atoms with E-state index in [1.54, 1.807) is 10.9 Å². The zero-order valence-electron chi connectivity index (χ0n) is 19.9. The zero-order chi connectivity index (χ0) is 23.5. The number of hydrogen-bond acceptors (Lipinski definition) is 6. The molecule has 0 unspecified atom stereocenters. The van der Waals surface area contributed by atoms with Crippen molar-refractivity contribution >= 4 is 18.0 Å². The van der Waals surface area contributed by atoms with Crippen molar-refractivity contribution < 1.29 is 9.84 Å². The molecule has 0 saturated heterocycles. The van der Waals surface area contributed by atoms with Crippen molar-refractivity contribution in [2.24, 2.45) is 5.10 Å². The molecule has 6 nitrogen and oxygen atoms in total. The molecule has 1 heterocycles. The molecular formula is C25H32N4O2S. The van der Waals surface area contributed by atoms with Gasteiger partial charge < -0.3 is 9.84 Å². The normalized spacial score (nSPS) is 12.5. The maximum absolute atomic E-state index is 11.0. The molecule has 0 amide bonds. The van der Waals surface area contributed by atoms with Gasteiger partial charge in [-0.2, -0.15) is 9.78 Å². The molecule has 2 aromatic carbocycles. The highest BCUT2D eigenvalue weighted by Crippen LogP contribution is 2.39. The Morgan fingerprint density at radius 3 is 2.12 bits per heavy atom. The van der Waals surface area contributed by atoms with E-state index in [-0.39, 0.29) is 17.4 Å². The van der Waals surface area contributed by atoms with Gasteiger partial charge in [0.1, 0.15) is 18.1 Å². The van der Waals surface area contributed by atoms with Gasteiger partial charge in [-0.3, -0.25) is 0 Å². The van der Waals surface area contributed by atoms with E-state index in [9.17, 15) is 5.11 Å². The molecule has 0 bridgehead atoms. The summed E-state index contributed by atoms with van der Waals surface area (Å²) in [6.07, 6.45) is 3.73. The quantitative estimate of drug-likeness (QED) is 0.380. The second-order valence-corrected chi connectivity index (χ2v) is 10.5. The molecule has 170 valence electrons. The molecule has 0 atom stereocenters. The number of nitrogens with zero attached hydrogens (tertiary/aromatic N) is 4. The van der Waals surface area contributed by atoms with Crippen molar-refractivity contribution in [1.82, 2.24) is 14.9 Å². The van der Waals surface area contributed by atoms with Gasteiger partial charge in [-0.05, 0) is 46.9 Å². The highest BCUT2D eigenvalue weighted by atomic mass is 32.2. The van der Waals surface area contributed by atoms with Crippen molar-refractivity contribution in [1.29, 1.82) is 0 Å². The summed E-state index contributed by atoms with van der Waals surface area (Å²) in [4.78, 5) is 0. The topological polar surface area (TPSA) is 72.5 Å². The first-order valence-corrected chi connectivity index (χ1v) is 11.8. The van der Waals surface area contributed by atoms with Gasteiger partial charge in [0.2, 0.25) is 5.16 Å². The van der Waals surface area contributed by atoms with Crippen molar-refractivity contribution in [3.8, 4) is 11.5 Å². The Labute approximate surface area is 194 Å². The summed E-state index contributed by atoms with van der Waals surface area (Å²) in [6, 6.07) is 13.6. The lowest BCUT2D eigenvalue weighted by Gasteiger charge is -2.27. The van der Waals surface area contributed by atoms with Crippen molar-refractivity contribution in [3.63, 3.8) is 0 Å². The van der Waals surface area contributed by atoms with Crippen LogP contribution in [0.2, 0.25) is 0 Å². The Hall–Kier alpha value is -2.80. The van der Waals surface area contributed by atoms with Gasteiger partial charge in [0.15, 0.2) is 5.82 Å². The molecule has 0 aliphatic rings. The Morgan fingerprint density at radius 1 is 1.00 bits per heavy atom. The second kappa shape index (κ2) is 9.36. The van der Waals surface area contributed by atoms with Gasteiger partial charge in [0, 0.05) is 11.1 Å². The molecule has 1 N–H and O–H groups in total. The van der Waals surface area contributed by atoms with Crippen molar-refractivity contribution in [3.05, 3.63) is 65.0 Å². The fourth-order valence-electron chi connectivity index (χ4n) is 3.29. The van der Waals surface area contributed by atoms with E-state index in [2.05, 4.69) is 56.8 Å². The first kappa shape index (κ1) is 23.9. The Kier molecular flexibility index (Phi) is 6.98. The highest BCUT2D eigenvalue weighted by Gasteiger charge is 2.26. The molecule has 0 aliphatic heterocycles. The second-order valence-electron chi connectivity index (χ2n) is 9.73. The van der Waals surface area contributed by atoms with Crippen LogP contribution in [0.5, 0.6) is 11.5 Å². The average Bonchev–Trinajstić information content (AvgIpc) is 3.12. The maximum atomic E-state index is 11.0. The summed E-state index contributed by atoms with van der Waals surface area (Å²) < 4.78 is 7.55. The molecule has 0 radical (unpaired) electrons. The van der Waals surface area contributed by atoms with Gasteiger partial charge in [-0.1, -0.05) is 71.5 Å². The first-order chi connectivity index (χ1) is 15.0. The molecule has 1 aromatic heterocycles. The molecule has 0 fully saturated rings. The third-order valence-electron chi connectivity index (χ3n) is 5.04. The van der Waals surface area contributed by atoms with Crippen LogP contribution in [0.3, 0.4) is 0 Å². The van der Waals surface area contributed by atoms with E-state index in [0.717, 1.165) is 22.4 Å². The predicted molar refractivity (Wildman–Crippen MR) is 131 cm³/mol. The smallest absolute Gasteiger partial charge is 0.211 e. The lowest BCUT2D eigenvalue weighted by Crippen LogP contribution is -2.18. The number of thioether (sulfide) groups is 1. The Morgan fingerprint density at radius 2 is 1.59 bits per heavy atom. The largest absolute Gasteiger partial charge is 0.507 e. The summed E-state index contributed by atoms with van der Waals surface area (Å²) in [7, 11) is 0. The number of rotatable bonds is 6. The zero-order valence-corrected chi connectivity index (χ0v) is 20.7. The Bertz CT molecular complexity index is 1060. The van der Waals surface area contributed by atoms with Crippen LogP contribution in [-0.2, 0) is 17.4 Å². The van der Waals surface area contributed by atoms with Crippen LogP contribution in [0.1, 0.15) is 64.1 Å². The number of ether oxygens (including phenoxy) is 1. The lowest BCUT2D eigenvalue weighted by molar-refractivity contribution is 0.290. The summed E-state index contributed by atoms with van der Waals surface area (Å²) >= 11 is 1.47. The number of aromatic nitrogens is 3. The van der Waals surface area contributed by atoms with Crippen LogP contribution in [0.4, 0.5) is 0 Å². The standard InChI is InChI=1S/C25H32N4O2S/c1-24(2,3)19-13-17(14-20(22(19)30)25(4,5)6)15-26-29-21(27-28-23(29)32-7)16-31-18-11-9-8-10-12-18/h8-15,30H,16H2,1-7H3/b26-15-. The van der Waals surface area contributed by atoms with E-state index in [1.165, 1.54) is 11.8 Å². The van der Waals surface area contributed by atoms with Gasteiger partial charge >= 0.3 is 0 Å².